The van der Waals surface area contributed by atoms with Gasteiger partial charge in [-0.25, -0.2) is 24.0 Å². The largest absolute Gasteiger partial charge is 0.462 e. The number of amides is 4. The van der Waals surface area contributed by atoms with E-state index in [2.05, 4.69) is 33.0 Å². The van der Waals surface area contributed by atoms with E-state index in [4.69, 9.17) is 18.9 Å². The van der Waals surface area contributed by atoms with Crippen LogP contribution in [0.2, 0.25) is 0 Å². The normalized spacial score (nSPS) is 12.6. The first-order valence-electron chi connectivity index (χ1n) is 31.9. The van der Waals surface area contributed by atoms with Gasteiger partial charge >= 0.3 is 29.9 Å². The lowest BCUT2D eigenvalue weighted by Crippen LogP contribution is -2.53. The predicted molar refractivity (Wildman–Crippen MR) is 318 cm³/mol. The minimum atomic E-state index is -1.04. The van der Waals surface area contributed by atoms with Crippen molar-refractivity contribution in [2.24, 2.45) is 0 Å². The van der Waals surface area contributed by atoms with Crippen LogP contribution in [0.15, 0.2) is 17.8 Å². The van der Waals surface area contributed by atoms with E-state index < -0.39 is 64.0 Å². The molecule has 4 amide bonds. The number of nitrogens with one attached hydrogen (secondary N) is 1. The van der Waals surface area contributed by atoms with Crippen LogP contribution in [0.3, 0.4) is 0 Å². The summed E-state index contributed by atoms with van der Waals surface area (Å²) in [5.41, 5.74) is -2.47. The summed E-state index contributed by atoms with van der Waals surface area (Å²) in [5.74, 6) is -5.78. The number of anilines is 1. The Bertz CT molecular complexity index is 1910. The van der Waals surface area contributed by atoms with Gasteiger partial charge in [-0.2, -0.15) is 0 Å². The highest BCUT2D eigenvalue weighted by atomic mass is 16.5. The molecule has 1 heterocycles. The molecule has 0 bridgehead atoms. The van der Waals surface area contributed by atoms with E-state index in [-0.39, 0.29) is 37.7 Å². The summed E-state index contributed by atoms with van der Waals surface area (Å²) in [6.45, 7) is 8.84. The summed E-state index contributed by atoms with van der Waals surface area (Å²) in [7, 11) is 2.47. The second-order valence-electron chi connectivity index (χ2n) is 22.1. The minimum Gasteiger partial charge on any atom is -0.462 e. The number of hydrogen-bond acceptors (Lipinski definition) is 12. The van der Waals surface area contributed by atoms with Gasteiger partial charge in [0.2, 0.25) is 0 Å². The summed E-state index contributed by atoms with van der Waals surface area (Å²) in [6.07, 6.45) is 43.6. The molecule has 1 N–H and O–H groups in total. The highest BCUT2D eigenvalue weighted by Crippen LogP contribution is 2.32. The third-order valence-electron chi connectivity index (χ3n) is 15.1. The molecule has 79 heavy (non-hydrogen) atoms. The summed E-state index contributed by atoms with van der Waals surface area (Å²) in [6, 6.07) is 0.380. The van der Waals surface area contributed by atoms with Crippen molar-refractivity contribution in [2.75, 3.05) is 45.8 Å². The van der Waals surface area contributed by atoms with Gasteiger partial charge in [0.15, 0.2) is 0 Å². The molecule has 0 aromatic heterocycles. The molecule has 0 saturated carbocycles. The summed E-state index contributed by atoms with van der Waals surface area (Å²) in [4.78, 5) is 99.7. The first-order valence-corrected chi connectivity index (χ1v) is 31.9. The van der Waals surface area contributed by atoms with Gasteiger partial charge in [-0.3, -0.25) is 19.4 Å². The third kappa shape index (κ3) is 29.5. The van der Waals surface area contributed by atoms with Crippen molar-refractivity contribution < 1.29 is 52.5 Å². The number of nitrogens with zero attached hydrogens (tertiary/aromatic N) is 2. The van der Waals surface area contributed by atoms with Crippen LogP contribution in [0.4, 0.5) is 10.5 Å². The molecule has 0 atom stereocenters. The zero-order valence-electron chi connectivity index (χ0n) is 50.7. The Morgan fingerprint density at radius 3 is 0.924 bits per heavy atom. The van der Waals surface area contributed by atoms with Gasteiger partial charge in [-0.15, -0.1) is 0 Å². The van der Waals surface area contributed by atoms with Gasteiger partial charge in [0, 0.05) is 20.3 Å². The molecule has 1 aromatic carbocycles. The van der Waals surface area contributed by atoms with Gasteiger partial charge < -0.3 is 24.3 Å². The van der Waals surface area contributed by atoms with Crippen molar-refractivity contribution >= 4 is 47.4 Å². The van der Waals surface area contributed by atoms with Crippen molar-refractivity contribution in [1.82, 2.24) is 9.80 Å². The number of barbiturate groups is 1. The van der Waals surface area contributed by atoms with E-state index in [0.717, 1.165) is 119 Å². The number of esters is 4. The Hall–Kier alpha value is -4.75. The lowest BCUT2D eigenvalue weighted by Gasteiger charge is -2.29. The molecule has 0 radical (unpaired) electrons. The summed E-state index contributed by atoms with van der Waals surface area (Å²) < 4.78 is 23.6. The maximum absolute atomic E-state index is 14.8. The van der Waals surface area contributed by atoms with E-state index in [9.17, 15) is 33.6 Å². The van der Waals surface area contributed by atoms with Crippen LogP contribution in [0.1, 0.15) is 326 Å². The Kier molecular flexibility index (Phi) is 40.9. The Balaban J connectivity index is 2.61. The average molecular weight is 1110 g/mol. The van der Waals surface area contributed by atoms with Crippen LogP contribution in [-0.2, 0) is 28.5 Å². The highest BCUT2D eigenvalue weighted by Gasteiger charge is 2.39. The number of ether oxygens (including phenoxy) is 4. The Labute approximate surface area is 478 Å². The quantitative estimate of drug-likeness (QED) is 0.0215. The number of unbranched alkanes of at least 4 members (excludes halogenated alkanes) is 36. The first kappa shape index (κ1) is 70.4. The van der Waals surface area contributed by atoms with Crippen LogP contribution in [0.25, 0.3) is 0 Å². The maximum Gasteiger partial charge on any atom is 0.341 e. The number of urea groups is 1. The van der Waals surface area contributed by atoms with Crippen molar-refractivity contribution in [3.05, 3.63) is 40.1 Å². The lowest BCUT2D eigenvalue weighted by atomic mass is 9.93. The lowest BCUT2D eigenvalue weighted by molar-refractivity contribution is -0.134. The topological polar surface area (TPSA) is 175 Å². The van der Waals surface area contributed by atoms with Gasteiger partial charge in [0.05, 0.1) is 54.4 Å². The molecule has 1 aromatic rings. The number of carbonyl (C=O) groups excluding carboxylic acids is 7. The summed E-state index contributed by atoms with van der Waals surface area (Å²) >= 11 is 0. The maximum atomic E-state index is 14.8. The molecule has 2 rings (SSSR count). The fourth-order valence-electron chi connectivity index (χ4n) is 10.0. The fourth-order valence-corrected chi connectivity index (χ4v) is 10.0. The smallest absolute Gasteiger partial charge is 0.341 e. The van der Waals surface area contributed by atoms with Crippen LogP contribution in [0.5, 0.6) is 0 Å². The molecule has 450 valence electrons. The molecular formula is C65H109N3O11. The van der Waals surface area contributed by atoms with E-state index in [1.807, 2.05) is 0 Å². The average Bonchev–Trinajstić information content (AvgIpc) is 3.61. The zero-order valence-corrected chi connectivity index (χ0v) is 50.7. The van der Waals surface area contributed by atoms with Crippen LogP contribution in [0, 0.1) is 0 Å². The van der Waals surface area contributed by atoms with Crippen molar-refractivity contribution in [3.8, 4) is 0 Å². The summed E-state index contributed by atoms with van der Waals surface area (Å²) in [5, 5.41) is 2.86. The third-order valence-corrected chi connectivity index (χ3v) is 15.1. The van der Waals surface area contributed by atoms with Gasteiger partial charge in [-0.05, 0) is 31.7 Å². The van der Waals surface area contributed by atoms with E-state index in [1.54, 1.807) is 0 Å². The molecule has 1 fully saturated rings. The Morgan fingerprint density at radius 2 is 0.620 bits per heavy atom. The highest BCUT2D eigenvalue weighted by molar-refractivity contribution is 6.28. The number of imide groups is 2. The molecular weight excluding hydrogens is 999 g/mol. The molecule has 0 spiro atoms. The second-order valence-corrected chi connectivity index (χ2v) is 22.1. The zero-order chi connectivity index (χ0) is 57.7. The first-order chi connectivity index (χ1) is 38.5. The van der Waals surface area contributed by atoms with E-state index in [0.29, 0.717) is 25.7 Å². The van der Waals surface area contributed by atoms with Gasteiger partial charge in [0.25, 0.3) is 11.8 Å². The second kappa shape index (κ2) is 45.9. The van der Waals surface area contributed by atoms with Gasteiger partial charge in [-0.1, -0.05) is 259 Å². The van der Waals surface area contributed by atoms with Crippen LogP contribution >= 0.6 is 0 Å². The Morgan fingerprint density at radius 1 is 0.367 bits per heavy atom. The van der Waals surface area contributed by atoms with E-state index in [1.165, 1.54) is 149 Å². The molecule has 0 aliphatic carbocycles. The van der Waals surface area contributed by atoms with Gasteiger partial charge in [0.1, 0.15) is 5.57 Å². The number of rotatable bonds is 50. The molecule has 14 heteroatoms. The monoisotopic (exact) mass is 1110 g/mol. The van der Waals surface area contributed by atoms with Crippen molar-refractivity contribution in [3.63, 3.8) is 0 Å². The molecule has 1 saturated heterocycles. The SMILES string of the molecule is CCCCCCCCCCCCOC(=O)c1cc(NC=C2C(=O)N(C)C(=O)N(C)C2=O)c(C(=O)OCCCCCCCCCCCC)c(C(=O)OCCCCCCCCCCCC)c1C(=O)OCCCCCCCCCCCC. The number of hydrogen-bond donors (Lipinski definition) is 1. The van der Waals surface area contributed by atoms with Crippen molar-refractivity contribution in [2.45, 2.75) is 285 Å². The fraction of sp³-hybridized carbons (Fsp3) is 0.769. The van der Waals surface area contributed by atoms with E-state index >= 15 is 0 Å². The predicted octanol–water partition coefficient (Wildman–Crippen LogP) is 17.3. The van der Waals surface area contributed by atoms with Crippen LogP contribution < -0.4 is 5.32 Å². The molecule has 1 aliphatic heterocycles. The molecule has 14 nitrogen and oxygen atoms in total. The number of likely N-dealkylation sites (N-methyl/N-ethyl adjacent to an activating group) is 2. The molecule has 0 unspecified atom stereocenters. The molecule has 1 aliphatic rings. The number of benzene rings is 1. The standard InChI is InChI=1S/C65H109N3O11/c1-7-11-15-19-23-27-31-35-39-43-47-76-61(71)53-51-55(66-52-54-59(69)67(5)65(75)68(6)60(54)70)57(63(73)78-49-45-41-37-33-29-25-21-17-13-9-3)58(64(74)79-50-46-42-38-34-30-26-22-18-14-10-4)56(53)62(72)77-48-44-40-36-32-28-24-20-16-12-8-2/h51-52,66H,7-50H2,1-6H3. The minimum absolute atomic E-state index is 0.00119. The number of carbonyl (C=O) groups is 7. The van der Waals surface area contributed by atoms with Crippen molar-refractivity contribution in [1.29, 1.82) is 0 Å². The van der Waals surface area contributed by atoms with Crippen LogP contribution in [-0.4, -0.2) is 92.0 Å².